The number of hydrogen-bond acceptors (Lipinski definition) is 7. The number of nitro benzene ring substituents is 1. The molecule has 1 aliphatic rings. The third-order valence-electron chi connectivity index (χ3n) is 3.81. The number of fused-ring (bicyclic) bond motifs is 1. The van der Waals surface area contributed by atoms with E-state index in [1.165, 1.54) is 29.5 Å². The second-order valence-electron chi connectivity index (χ2n) is 5.31. The number of amides is 2. The number of benzene rings is 1. The molecule has 124 valence electrons. The molecule has 0 atom stereocenters. The summed E-state index contributed by atoms with van der Waals surface area (Å²) in [5.41, 5.74) is 1.12. The van der Waals surface area contributed by atoms with Gasteiger partial charge in [-0.1, -0.05) is 6.07 Å². The van der Waals surface area contributed by atoms with E-state index in [4.69, 9.17) is 0 Å². The highest BCUT2D eigenvalue weighted by molar-refractivity contribution is 7.14. The third kappa shape index (κ3) is 2.53. The lowest BCUT2D eigenvalue weighted by Gasteiger charge is -2.11. The monoisotopic (exact) mass is 371 g/mol. The lowest BCUT2D eigenvalue weighted by atomic mass is 10.1. The smallest absolute Gasteiger partial charge is 0.269 e. The topological polar surface area (TPSA) is 93.4 Å². The molecule has 7 nitrogen and oxygen atoms in total. The van der Waals surface area contributed by atoms with E-state index in [1.807, 2.05) is 16.8 Å². The van der Waals surface area contributed by atoms with Crippen LogP contribution in [-0.2, 0) is 6.54 Å². The summed E-state index contributed by atoms with van der Waals surface area (Å²) in [7, 11) is 0. The first-order valence-electron chi connectivity index (χ1n) is 7.17. The second kappa shape index (κ2) is 5.87. The van der Waals surface area contributed by atoms with Crippen LogP contribution in [-0.4, -0.2) is 26.6 Å². The zero-order valence-corrected chi connectivity index (χ0v) is 14.2. The van der Waals surface area contributed by atoms with Gasteiger partial charge in [-0.15, -0.1) is 11.3 Å². The van der Waals surface area contributed by atoms with Gasteiger partial charge < -0.3 is 0 Å². The fourth-order valence-corrected chi connectivity index (χ4v) is 4.19. The fraction of sp³-hybridized carbons (Fsp3) is 0.0625. The molecule has 3 aromatic rings. The van der Waals surface area contributed by atoms with Crippen LogP contribution in [0.5, 0.6) is 0 Å². The number of imide groups is 1. The van der Waals surface area contributed by atoms with Gasteiger partial charge in [0, 0.05) is 22.4 Å². The average Bonchev–Trinajstić information content (AvgIpc) is 3.32. The Labute approximate surface area is 149 Å². The zero-order chi connectivity index (χ0) is 17.6. The van der Waals surface area contributed by atoms with Crippen molar-refractivity contribution >= 4 is 40.2 Å². The van der Waals surface area contributed by atoms with E-state index < -0.39 is 16.7 Å². The molecule has 9 heteroatoms. The van der Waals surface area contributed by atoms with Crippen LogP contribution >= 0.6 is 22.7 Å². The number of nitro groups is 1. The van der Waals surface area contributed by atoms with Crippen LogP contribution in [0.2, 0.25) is 0 Å². The minimum absolute atomic E-state index is 0.00978. The van der Waals surface area contributed by atoms with Gasteiger partial charge in [-0.2, -0.15) is 11.3 Å². The van der Waals surface area contributed by atoms with Crippen LogP contribution < -0.4 is 0 Å². The molecule has 0 spiro atoms. The van der Waals surface area contributed by atoms with Gasteiger partial charge >= 0.3 is 0 Å². The number of hydrogen-bond donors (Lipinski definition) is 0. The molecule has 0 bridgehead atoms. The van der Waals surface area contributed by atoms with Crippen molar-refractivity contribution in [3.63, 3.8) is 0 Å². The molecule has 4 rings (SSSR count). The van der Waals surface area contributed by atoms with Crippen molar-refractivity contribution < 1.29 is 14.5 Å². The van der Waals surface area contributed by atoms with Crippen LogP contribution in [0.15, 0.2) is 40.4 Å². The van der Waals surface area contributed by atoms with Gasteiger partial charge in [0.25, 0.3) is 17.5 Å². The van der Waals surface area contributed by atoms with Crippen molar-refractivity contribution in [3.05, 3.63) is 67.3 Å². The van der Waals surface area contributed by atoms with Crippen LogP contribution in [0.25, 0.3) is 10.6 Å². The maximum atomic E-state index is 12.6. The molecule has 0 fully saturated rings. The number of aromatic nitrogens is 1. The Kier molecular flexibility index (Phi) is 3.66. The maximum Gasteiger partial charge on any atom is 0.282 e. The Morgan fingerprint density at radius 2 is 2.00 bits per heavy atom. The lowest BCUT2D eigenvalue weighted by molar-refractivity contribution is -0.385. The number of thiazole rings is 1. The summed E-state index contributed by atoms with van der Waals surface area (Å²) >= 11 is 2.98. The van der Waals surface area contributed by atoms with E-state index in [2.05, 4.69) is 4.98 Å². The highest BCUT2D eigenvalue weighted by Crippen LogP contribution is 2.32. The molecule has 0 unspecified atom stereocenters. The molecule has 0 saturated heterocycles. The maximum absolute atomic E-state index is 12.6. The minimum atomic E-state index is -0.655. The molecule has 0 radical (unpaired) electrons. The molecule has 1 aliphatic heterocycles. The van der Waals surface area contributed by atoms with Crippen molar-refractivity contribution in [1.82, 2.24) is 9.88 Å². The Morgan fingerprint density at radius 1 is 1.16 bits per heavy atom. The molecule has 0 aliphatic carbocycles. The third-order valence-corrected chi connectivity index (χ3v) is 5.44. The minimum Gasteiger partial charge on any atom is -0.269 e. The molecule has 1 aromatic carbocycles. The predicted molar refractivity (Wildman–Crippen MR) is 92.7 cm³/mol. The van der Waals surface area contributed by atoms with Gasteiger partial charge in [-0.05, 0) is 17.5 Å². The molecule has 2 amide bonds. The fourth-order valence-electron chi connectivity index (χ4n) is 2.67. The standard InChI is InChI=1S/C16H9N3O4S2/c20-15-11-2-1-3-12(19(22)23)13(11)16(21)18(15)6-10-8-25-14(17-10)9-4-5-24-7-9/h1-5,7-8H,6H2. The predicted octanol–water partition coefficient (Wildman–Crippen LogP) is 3.58. The van der Waals surface area contributed by atoms with E-state index in [0.29, 0.717) is 5.69 Å². The first kappa shape index (κ1) is 15.6. The first-order chi connectivity index (χ1) is 12.1. The van der Waals surface area contributed by atoms with Crippen molar-refractivity contribution in [3.8, 4) is 10.6 Å². The molecule has 0 saturated carbocycles. The average molecular weight is 371 g/mol. The Hall–Kier alpha value is -2.91. The van der Waals surface area contributed by atoms with E-state index in [-0.39, 0.29) is 23.4 Å². The number of rotatable bonds is 4. The van der Waals surface area contributed by atoms with Crippen LogP contribution in [0, 0.1) is 10.1 Å². The number of carbonyl (C=O) groups excluding carboxylic acids is 2. The molecule has 25 heavy (non-hydrogen) atoms. The van der Waals surface area contributed by atoms with Crippen LogP contribution in [0.3, 0.4) is 0 Å². The van der Waals surface area contributed by atoms with Crippen molar-refractivity contribution in [1.29, 1.82) is 0 Å². The zero-order valence-electron chi connectivity index (χ0n) is 12.5. The van der Waals surface area contributed by atoms with E-state index in [9.17, 15) is 19.7 Å². The molecule has 0 N–H and O–H groups in total. The van der Waals surface area contributed by atoms with Crippen LogP contribution in [0.4, 0.5) is 5.69 Å². The van der Waals surface area contributed by atoms with Crippen LogP contribution in [0.1, 0.15) is 26.4 Å². The van der Waals surface area contributed by atoms with Gasteiger partial charge in [-0.25, -0.2) is 4.98 Å². The summed E-state index contributed by atoms with van der Waals surface area (Å²) in [6, 6.07) is 6.01. The highest BCUT2D eigenvalue weighted by atomic mass is 32.1. The summed E-state index contributed by atoms with van der Waals surface area (Å²) in [5, 5.41) is 17.6. The summed E-state index contributed by atoms with van der Waals surface area (Å²) in [6.45, 7) is -0.00978. The summed E-state index contributed by atoms with van der Waals surface area (Å²) in [5.74, 6) is -1.19. The second-order valence-corrected chi connectivity index (χ2v) is 6.95. The van der Waals surface area contributed by atoms with Gasteiger partial charge in [0.05, 0.1) is 22.7 Å². The van der Waals surface area contributed by atoms with E-state index >= 15 is 0 Å². The molecule has 2 aromatic heterocycles. The Morgan fingerprint density at radius 3 is 2.72 bits per heavy atom. The van der Waals surface area contributed by atoms with Crippen molar-refractivity contribution in [2.45, 2.75) is 6.54 Å². The van der Waals surface area contributed by atoms with E-state index in [1.54, 1.807) is 16.7 Å². The summed E-state index contributed by atoms with van der Waals surface area (Å²) < 4.78 is 0. The van der Waals surface area contributed by atoms with Gasteiger partial charge in [0.15, 0.2) is 0 Å². The Balaban J connectivity index is 1.65. The quantitative estimate of drug-likeness (QED) is 0.397. The van der Waals surface area contributed by atoms with Gasteiger partial charge in [0.1, 0.15) is 10.6 Å². The first-order valence-corrected chi connectivity index (χ1v) is 8.99. The number of thiophene rings is 1. The largest absolute Gasteiger partial charge is 0.282 e. The molecule has 3 heterocycles. The normalized spacial score (nSPS) is 13.4. The number of carbonyl (C=O) groups is 2. The van der Waals surface area contributed by atoms with Gasteiger partial charge in [0.2, 0.25) is 0 Å². The summed E-state index contributed by atoms with van der Waals surface area (Å²) in [4.78, 5) is 41.0. The SMILES string of the molecule is O=C1c2cccc([N+](=O)[O-])c2C(=O)N1Cc1csc(-c2ccsc2)n1. The Bertz CT molecular complexity index is 1010. The molecular formula is C16H9N3O4S2. The van der Waals surface area contributed by atoms with Crippen molar-refractivity contribution in [2.24, 2.45) is 0 Å². The van der Waals surface area contributed by atoms with E-state index in [0.717, 1.165) is 15.5 Å². The number of nitrogens with zero attached hydrogens (tertiary/aromatic N) is 3. The highest BCUT2D eigenvalue weighted by Gasteiger charge is 2.41. The lowest BCUT2D eigenvalue weighted by Crippen LogP contribution is -2.29. The van der Waals surface area contributed by atoms with Crippen molar-refractivity contribution in [2.75, 3.05) is 0 Å². The van der Waals surface area contributed by atoms with Gasteiger partial charge in [-0.3, -0.25) is 24.6 Å². The summed E-state index contributed by atoms with van der Waals surface area (Å²) in [6.07, 6.45) is 0. The molecular weight excluding hydrogens is 362 g/mol.